The molecule has 1 aliphatic rings. The zero-order valence-corrected chi connectivity index (χ0v) is 17.0. The predicted molar refractivity (Wildman–Crippen MR) is 113 cm³/mol. The summed E-state index contributed by atoms with van der Waals surface area (Å²) >= 11 is 0. The first kappa shape index (κ1) is 22.0. The fourth-order valence-electron chi connectivity index (χ4n) is 3.11. The molecule has 3 N–H and O–H groups in total. The minimum absolute atomic E-state index is 0.0165. The highest BCUT2D eigenvalue weighted by atomic mass is 19.4. The highest BCUT2D eigenvalue weighted by molar-refractivity contribution is 6.42. The molecule has 0 aliphatic carbocycles. The molecule has 3 rings (SSSR count). The van der Waals surface area contributed by atoms with Gasteiger partial charge in [-0.1, -0.05) is 24.3 Å². The predicted octanol–water partition coefficient (Wildman–Crippen LogP) is 4.49. The number of nitrogens with zero attached hydrogens (tertiary/aromatic N) is 1. The summed E-state index contributed by atoms with van der Waals surface area (Å²) in [5, 5.41) is 12.6. The number of rotatable bonds is 5. The molecular formula is C23H21F3N4O. The molecule has 160 valence electrons. The average Bonchev–Trinajstić information content (AvgIpc) is 2.71. The Balaban J connectivity index is 1.62. The van der Waals surface area contributed by atoms with Crippen molar-refractivity contribution >= 4 is 11.6 Å². The standard InChI is InChI=1S/C23H21F3N4O/c1-14-10-16(6-7-19(14)17-8-9-28-15(2)11-17)13-29-22(31)20(27)12-18-4-3-5-21(30-18)23(24,25)26/h3-12,27,30H,13H2,1-2H3,(H,29,31)/b18-12-,27-20?. The molecular weight excluding hydrogens is 405 g/mol. The summed E-state index contributed by atoms with van der Waals surface area (Å²) in [6.07, 6.45) is 1.74. The number of dihydropyridines is 1. The maximum absolute atomic E-state index is 12.8. The van der Waals surface area contributed by atoms with Gasteiger partial charge >= 0.3 is 6.18 Å². The molecule has 1 aliphatic heterocycles. The van der Waals surface area contributed by atoms with Crippen LogP contribution in [0.5, 0.6) is 0 Å². The Labute approximate surface area is 177 Å². The highest BCUT2D eigenvalue weighted by Crippen LogP contribution is 2.26. The van der Waals surface area contributed by atoms with Crippen LogP contribution in [0.2, 0.25) is 0 Å². The lowest BCUT2D eigenvalue weighted by Crippen LogP contribution is -2.31. The SMILES string of the molecule is Cc1cc(-c2ccc(CNC(=O)C(=N)/C=C3/C=CC=C(C(F)(F)F)N3)cc2C)ccn1. The Morgan fingerprint density at radius 3 is 2.68 bits per heavy atom. The van der Waals surface area contributed by atoms with Crippen LogP contribution < -0.4 is 10.6 Å². The maximum atomic E-state index is 12.8. The molecule has 1 aromatic heterocycles. The van der Waals surface area contributed by atoms with Gasteiger partial charge in [0, 0.05) is 24.1 Å². The molecule has 1 amide bonds. The van der Waals surface area contributed by atoms with E-state index in [0.717, 1.165) is 40.1 Å². The smallest absolute Gasteiger partial charge is 0.351 e. The van der Waals surface area contributed by atoms with Crippen molar-refractivity contribution in [2.75, 3.05) is 0 Å². The van der Waals surface area contributed by atoms with E-state index in [4.69, 9.17) is 5.41 Å². The van der Waals surface area contributed by atoms with Crippen LogP contribution in [-0.2, 0) is 11.3 Å². The van der Waals surface area contributed by atoms with Crippen molar-refractivity contribution in [3.05, 3.63) is 89.0 Å². The van der Waals surface area contributed by atoms with Crippen LogP contribution in [0.3, 0.4) is 0 Å². The third-order valence-electron chi connectivity index (χ3n) is 4.62. The molecule has 0 saturated carbocycles. The number of aromatic nitrogens is 1. The van der Waals surface area contributed by atoms with Crippen LogP contribution in [0.25, 0.3) is 11.1 Å². The highest BCUT2D eigenvalue weighted by Gasteiger charge is 2.34. The molecule has 0 unspecified atom stereocenters. The largest absolute Gasteiger partial charge is 0.431 e. The molecule has 5 nitrogen and oxygen atoms in total. The van der Waals surface area contributed by atoms with E-state index < -0.39 is 23.5 Å². The molecule has 0 spiro atoms. The number of carbonyl (C=O) groups is 1. The number of alkyl halides is 3. The molecule has 0 atom stereocenters. The number of benzene rings is 1. The molecule has 31 heavy (non-hydrogen) atoms. The van der Waals surface area contributed by atoms with Crippen molar-refractivity contribution in [1.82, 2.24) is 15.6 Å². The van der Waals surface area contributed by atoms with E-state index in [0.29, 0.717) is 0 Å². The average molecular weight is 426 g/mol. The second kappa shape index (κ2) is 8.99. The summed E-state index contributed by atoms with van der Waals surface area (Å²) in [7, 11) is 0. The van der Waals surface area contributed by atoms with E-state index >= 15 is 0 Å². The minimum atomic E-state index is -4.53. The molecule has 2 aromatic rings. The van der Waals surface area contributed by atoms with Gasteiger partial charge in [0.2, 0.25) is 0 Å². The molecule has 2 heterocycles. The van der Waals surface area contributed by atoms with Crippen LogP contribution in [0.1, 0.15) is 16.8 Å². The molecule has 0 bridgehead atoms. The van der Waals surface area contributed by atoms with Gasteiger partial charge in [0.1, 0.15) is 11.4 Å². The van der Waals surface area contributed by atoms with Gasteiger partial charge in [-0.2, -0.15) is 13.2 Å². The van der Waals surface area contributed by atoms with Crippen molar-refractivity contribution in [2.45, 2.75) is 26.6 Å². The molecule has 1 aromatic carbocycles. The number of halogens is 3. The third kappa shape index (κ3) is 5.69. The summed E-state index contributed by atoms with van der Waals surface area (Å²) in [4.78, 5) is 16.4. The first-order valence-electron chi connectivity index (χ1n) is 9.47. The van der Waals surface area contributed by atoms with E-state index in [-0.39, 0.29) is 12.2 Å². The number of allylic oxidation sites excluding steroid dienone is 4. The van der Waals surface area contributed by atoms with E-state index in [2.05, 4.69) is 15.6 Å². The lowest BCUT2D eigenvalue weighted by molar-refractivity contribution is -0.114. The van der Waals surface area contributed by atoms with Crippen molar-refractivity contribution < 1.29 is 18.0 Å². The van der Waals surface area contributed by atoms with Crippen LogP contribution >= 0.6 is 0 Å². The number of carbonyl (C=O) groups excluding carboxylic acids is 1. The zero-order chi connectivity index (χ0) is 22.6. The second-order valence-corrected chi connectivity index (χ2v) is 7.09. The Morgan fingerprint density at radius 2 is 2.00 bits per heavy atom. The Bertz CT molecular complexity index is 1110. The fourth-order valence-corrected chi connectivity index (χ4v) is 3.11. The normalized spacial score (nSPS) is 14.7. The number of hydrogen-bond donors (Lipinski definition) is 3. The summed E-state index contributed by atoms with van der Waals surface area (Å²) in [6.45, 7) is 4.08. The van der Waals surface area contributed by atoms with Gasteiger partial charge in [0.05, 0.1) is 0 Å². The van der Waals surface area contributed by atoms with E-state index in [1.54, 1.807) is 6.20 Å². The maximum Gasteiger partial charge on any atom is 0.431 e. The quantitative estimate of drug-likeness (QED) is 0.617. The summed E-state index contributed by atoms with van der Waals surface area (Å²) < 4.78 is 38.3. The van der Waals surface area contributed by atoms with Crippen molar-refractivity contribution in [1.29, 1.82) is 5.41 Å². The number of pyridine rings is 1. The van der Waals surface area contributed by atoms with Crippen LogP contribution in [0.15, 0.2) is 72.2 Å². The number of nitrogens with one attached hydrogen (secondary N) is 3. The van der Waals surface area contributed by atoms with Gasteiger partial charge in [-0.05, 0) is 66.5 Å². The van der Waals surface area contributed by atoms with Crippen LogP contribution in [0.4, 0.5) is 13.2 Å². The Hall–Kier alpha value is -3.68. The van der Waals surface area contributed by atoms with E-state index in [1.165, 1.54) is 12.2 Å². The molecule has 0 fully saturated rings. The van der Waals surface area contributed by atoms with Gasteiger partial charge in [-0.15, -0.1) is 0 Å². The third-order valence-corrected chi connectivity index (χ3v) is 4.62. The lowest BCUT2D eigenvalue weighted by atomic mass is 9.98. The van der Waals surface area contributed by atoms with Gasteiger partial charge in [-0.3, -0.25) is 15.2 Å². The summed E-state index contributed by atoms with van der Waals surface area (Å²) in [6, 6.07) is 9.71. The number of aryl methyl sites for hydroxylation is 2. The molecule has 0 saturated heterocycles. The number of amides is 1. The van der Waals surface area contributed by atoms with Crippen molar-refractivity contribution in [3.63, 3.8) is 0 Å². The molecule has 0 radical (unpaired) electrons. The lowest BCUT2D eigenvalue weighted by Gasteiger charge is -2.17. The van der Waals surface area contributed by atoms with Crippen molar-refractivity contribution in [2.24, 2.45) is 0 Å². The van der Waals surface area contributed by atoms with Gasteiger partial charge in [0.25, 0.3) is 5.91 Å². The topological polar surface area (TPSA) is 77.9 Å². The second-order valence-electron chi connectivity index (χ2n) is 7.09. The van der Waals surface area contributed by atoms with Gasteiger partial charge in [0.15, 0.2) is 0 Å². The first-order valence-corrected chi connectivity index (χ1v) is 9.47. The van der Waals surface area contributed by atoms with Gasteiger partial charge < -0.3 is 10.6 Å². The Morgan fingerprint density at radius 1 is 1.23 bits per heavy atom. The van der Waals surface area contributed by atoms with Crippen molar-refractivity contribution in [3.8, 4) is 11.1 Å². The fraction of sp³-hybridized carbons (Fsp3) is 0.174. The van der Waals surface area contributed by atoms with Gasteiger partial charge in [-0.25, -0.2) is 0 Å². The van der Waals surface area contributed by atoms with E-state index in [1.807, 2.05) is 44.2 Å². The van der Waals surface area contributed by atoms with E-state index in [9.17, 15) is 18.0 Å². The van der Waals surface area contributed by atoms with Crippen LogP contribution in [-0.4, -0.2) is 22.8 Å². The number of hydrogen-bond acceptors (Lipinski definition) is 4. The monoisotopic (exact) mass is 426 g/mol. The summed E-state index contributed by atoms with van der Waals surface area (Å²) in [5.74, 6) is -0.683. The first-order chi connectivity index (χ1) is 14.6. The minimum Gasteiger partial charge on any atom is -0.351 e. The van der Waals surface area contributed by atoms with Crippen LogP contribution in [0, 0.1) is 19.3 Å². The summed E-state index contributed by atoms with van der Waals surface area (Å²) in [5.41, 5.74) is 3.52. The zero-order valence-electron chi connectivity index (χ0n) is 17.0. The Kier molecular flexibility index (Phi) is 6.39. The molecule has 8 heteroatoms.